The summed E-state index contributed by atoms with van der Waals surface area (Å²) in [5.74, 6) is 0.858. The molecule has 104 valence electrons. The van der Waals surface area contributed by atoms with Crippen LogP contribution in [0.1, 0.15) is 23.9 Å². The Hall–Kier alpha value is -2.61. The zero-order valence-corrected chi connectivity index (χ0v) is 12.1. The first-order chi connectivity index (χ1) is 10.3. The van der Waals surface area contributed by atoms with Gasteiger partial charge in [0, 0.05) is 5.57 Å². The number of nitrogens with zero attached hydrogens (tertiary/aromatic N) is 1. The van der Waals surface area contributed by atoms with Gasteiger partial charge in [0.15, 0.2) is 0 Å². The van der Waals surface area contributed by atoms with Crippen molar-refractivity contribution >= 4 is 22.7 Å². The first-order valence-electron chi connectivity index (χ1n) is 7.19. The van der Waals surface area contributed by atoms with Crippen molar-refractivity contribution in [3.05, 3.63) is 78.1 Å². The molecule has 0 amide bonds. The molecule has 0 aliphatic carbocycles. The summed E-state index contributed by atoms with van der Waals surface area (Å²) in [4.78, 5) is 7.99. The number of hydrogen-bond donors (Lipinski definition) is 1. The van der Waals surface area contributed by atoms with E-state index in [9.17, 15) is 0 Å². The third-order valence-corrected chi connectivity index (χ3v) is 3.63. The van der Waals surface area contributed by atoms with Crippen molar-refractivity contribution in [2.75, 3.05) is 0 Å². The molecule has 0 saturated carbocycles. The molecule has 0 atom stereocenters. The number of aryl methyl sites for hydroxylation is 1. The molecule has 1 heterocycles. The van der Waals surface area contributed by atoms with Gasteiger partial charge in [-0.15, -0.1) is 0 Å². The van der Waals surface area contributed by atoms with Crippen LogP contribution < -0.4 is 0 Å². The van der Waals surface area contributed by atoms with E-state index < -0.39 is 0 Å². The summed E-state index contributed by atoms with van der Waals surface area (Å²) in [6.45, 7) is 6.10. The van der Waals surface area contributed by atoms with E-state index in [1.165, 1.54) is 11.1 Å². The van der Waals surface area contributed by atoms with Gasteiger partial charge in [-0.3, -0.25) is 0 Å². The maximum Gasteiger partial charge on any atom is 0.138 e. The lowest BCUT2D eigenvalue weighted by molar-refractivity contribution is 1.13. The fraction of sp³-hybridized carbons (Fsp3) is 0.105. The van der Waals surface area contributed by atoms with Gasteiger partial charge < -0.3 is 4.98 Å². The van der Waals surface area contributed by atoms with Gasteiger partial charge in [0.25, 0.3) is 0 Å². The van der Waals surface area contributed by atoms with Crippen LogP contribution in [-0.4, -0.2) is 9.97 Å². The van der Waals surface area contributed by atoms with Crippen LogP contribution in [0.5, 0.6) is 0 Å². The highest BCUT2D eigenvalue weighted by Crippen LogP contribution is 2.22. The van der Waals surface area contributed by atoms with Crippen LogP contribution in [0, 0.1) is 0 Å². The Labute approximate surface area is 124 Å². The van der Waals surface area contributed by atoms with E-state index in [1.54, 1.807) is 0 Å². The number of aromatic amines is 1. The van der Waals surface area contributed by atoms with Gasteiger partial charge in [0.1, 0.15) is 5.82 Å². The number of benzene rings is 2. The minimum Gasteiger partial charge on any atom is -0.338 e. The van der Waals surface area contributed by atoms with Crippen molar-refractivity contribution in [3.63, 3.8) is 0 Å². The highest BCUT2D eigenvalue weighted by atomic mass is 14.9. The summed E-state index contributed by atoms with van der Waals surface area (Å²) in [5.41, 5.74) is 5.57. The first-order valence-corrected chi connectivity index (χ1v) is 7.19. The molecule has 0 aliphatic rings. The normalized spacial score (nSPS) is 11.8. The minimum atomic E-state index is 0.858. The predicted octanol–water partition coefficient (Wildman–Crippen LogP) is 4.85. The summed E-state index contributed by atoms with van der Waals surface area (Å²) in [6, 6.07) is 16.5. The van der Waals surface area contributed by atoms with Crippen molar-refractivity contribution in [2.24, 2.45) is 0 Å². The molecule has 21 heavy (non-hydrogen) atoms. The van der Waals surface area contributed by atoms with Crippen molar-refractivity contribution in [1.82, 2.24) is 9.97 Å². The number of aromatic nitrogens is 2. The van der Waals surface area contributed by atoms with Crippen molar-refractivity contribution in [3.8, 4) is 0 Å². The van der Waals surface area contributed by atoms with E-state index in [2.05, 4.69) is 53.8 Å². The number of fused-ring (bicyclic) bond motifs is 1. The van der Waals surface area contributed by atoms with Crippen LogP contribution in [0.25, 0.3) is 22.7 Å². The molecule has 2 heteroatoms. The van der Waals surface area contributed by atoms with Gasteiger partial charge in [0.05, 0.1) is 11.0 Å². The lowest BCUT2D eigenvalue weighted by atomic mass is 10.0. The maximum absolute atomic E-state index is 4.64. The van der Waals surface area contributed by atoms with Gasteiger partial charge in [-0.1, -0.05) is 56.0 Å². The Morgan fingerprint density at radius 1 is 1.14 bits per heavy atom. The molecule has 0 spiro atoms. The smallest absolute Gasteiger partial charge is 0.138 e. The number of hydrogen-bond acceptors (Lipinski definition) is 1. The van der Waals surface area contributed by atoms with Crippen molar-refractivity contribution in [2.45, 2.75) is 13.3 Å². The molecule has 0 saturated heterocycles. The molecule has 0 radical (unpaired) electrons. The number of allylic oxidation sites excluding steroid dienone is 2. The monoisotopic (exact) mass is 274 g/mol. The van der Waals surface area contributed by atoms with E-state index in [0.717, 1.165) is 28.9 Å². The molecule has 3 aromatic rings. The van der Waals surface area contributed by atoms with Crippen LogP contribution in [0.2, 0.25) is 0 Å². The second-order valence-electron chi connectivity index (χ2n) is 4.96. The van der Waals surface area contributed by atoms with Crippen LogP contribution in [0.3, 0.4) is 0 Å². The Kier molecular flexibility index (Phi) is 3.69. The largest absolute Gasteiger partial charge is 0.338 e. The molecule has 1 N–H and O–H groups in total. The van der Waals surface area contributed by atoms with Gasteiger partial charge in [-0.2, -0.15) is 0 Å². The summed E-state index contributed by atoms with van der Waals surface area (Å²) < 4.78 is 0. The zero-order valence-electron chi connectivity index (χ0n) is 12.1. The Balaban J connectivity index is 2.08. The zero-order chi connectivity index (χ0) is 14.7. The quantitative estimate of drug-likeness (QED) is 0.677. The molecule has 1 aromatic heterocycles. The Morgan fingerprint density at radius 2 is 1.90 bits per heavy atom. The highest BCUT2D eigenvalue weighted by molar-refractivity contribution is 5.88. The van der Waals surface area contributed by atoms with E-state index in [0.29, 0.717) is 0 Å². The second-order valence-corrected chi connectivity index (χ2v) is 4.96. The summed E-state index contributed by atoms with van der Waals surface area (Å²) in [5, 5.41) is 0. The lowest BCUT2D eigenvalue weighted by Crippen LogP contribution is -1.88. The molecule has 0 unspecified atom stereocenters. The van der Waals surface area contributed by atoms with E-state index in [1.807, 2.05) is 30.3 Å². The predicted molar refractivity (Wildman–Crippen MR) is 90.0 cm³/mol. The van der Waals surface area contributed by atoms with Crippen LogP contribution in [0.4, 0.5) is 0 Å². The van der Waals surface area contributed by atoms with E-state index in [4.69, 9.17) is 0 Å². The molecule has 3 rings (SSSR count). The van der Waals surface area contributed by atoms with Crippen molar-refractivity contribution in [1.29, 1.82) is 0 Å². The molecule has 2 nitrogen and oxygen atoms in total. The van der Waals surface area contributed by atoms with Gasteiger partial charge in [-0.25, -0.2) is 4.98 Å². The lowest BCUT2D eigenvalue weighted by Gasteiger charge is -2.04. The number of nitrogens with one attached hydrogen (secondary N) is 1. The molecular formula is C19H18N2. The van der Waals surface area contributed by atoms with Crippen LogP contribution in [-0.2, 0) is 6.42 Å². The molecule has 2 aromatic carbocycles. The van der Waals surface area contributed by atoms with E-state index in [-0.39, 0.29) is 0 Å². The standard InChI is InChI=1S/C19H18N2/c1-3-14-9-5-6-10-16(14)13-15(4-2)19-20-17-11-7-8-12-18(17)21-19/h4-13H,2-3H2,1H3,(H,20,21)/b15-13+. The molecule has 0 bridgehead atoms. The summed E-state index contributed by atoms with van der Waals surface area (Å²) in [7, 11) is 0. The van der Waals surface area contributed by atoms with Gasteiger partial charge >= 0.3 is 0 Å². The highest BCUT2D eigenvalue weighted by Gasteiger charge is 2.06. The third-order valence-electron chi connectivity index (χ3n) is 3.63. The number of rotatable bonds is 4. The Morgan fingerprint density at radius 3 is 2.67 bits per heavy atom. The SMILES string of the molecule is C=C/C(=C\c1ccccc1CC)c1nc2ccccc2[nH]1. The molecule has 0 aliphatic heterocycles. The van der Waals surface area contributed by atoms with Crippen LogP contribution >= 0.6 is 0 Å². The molecular weight excluding hydrogens is 256 g/mol. The third kappa shape index (κ3) is 2.65. The fourth-order valence-electron chi connectivity index (χ4n) is 2.48. The topological polar surface area (TPSA) is 28.7 Å². The van der Waals surface area contributed by atoms with Gasteiger partial charge in [-0.05, 0) is 35.8 Å². The first kappa shape index (κ1) is 13.4. The second kappa shape index (κ2) is 5.80. The average molecular weight is 274 g/mol. The van der Waals surface area contributed by atoms with E-state index >= 15 is 0 Å². The minimum absolute atomic E-state index is 0.858. The number of imidazole rings is 1. The average Bonchev–Trinajstić information content (AvgIpc) is 2.96. The van der Waals surface area contributed by atoms with Gasteiger partial charge in [0.2, 0.25) is 0 Å². The fourth-order valence-corrected chi connectivity index (χ4v) is 2.48. The van der Waals surface area contributed by atoms with Crippen molar-refractivity contribution < 1.29 is 0 Å². The van der Waals surface area contributed by atoms with Crippen LogP contribution in [0.15, 0.2) is 61.2 Å². The number of para-hydroxylation sites is 2. The Bertz CT molecular complexity index is 776. The maximum atomic E-state index is 4.64. The molecule has 0 fully saturated rings. The summed E-state index contributed by atoms with van der Waals surface area (Å²) >= 11 is 0. The number of H-pyrrole nitrogens is 1. The summed E-state index contributed by atoms with van der Waals surface area (Å²) in [6.07, 6.45) is 5.00.